The van der Waals surface area contributed by atoms with Crippen LogP contribution in [0.4, 0.5) is 0 Å². The van der Waals surface area contributed by atoms with E-state index in [1.807, 2.05) is 30.7 Å². The van der Waals surface area contributed by atoms with Crippen molar-refractivity contribution in [2.45, 2.75) is 65.5 Å². The van der Waals surface area contributed by atoms with Crippen molar-refractivity contribution in [1.29, 1.82) is 0 Å². The number of nitrogens with one attached hydrogen (secondary N) is 2. The molecule has 0 saturated carbocycles. The molecule has 1 aromatic carbocycles. The lowest BCUT2D eigenvalue weighted by Gasteiger charge is -2.25. The third-order valence-electron chi connectivity index (χ3n) is 4.58. The molecular weight excluding hydrogens is 368 g/mol. The van der Waals surface area contributed by atoms with Gasteiger partial charge in [0.1, 0.15) is 18.2 Å². The van der Waals surface area contributed by atoms with Gasteiger partial charge in [-0.25, -0.2) is 14.7 Å². The summed E-state index contributed by atoms with van der Waals surface area (Å²) in [6, 6.07) is 8.38. The smallest absolute Gasteiger partial charge is 0.191 e. The molecule has 0 spiro atoms. The van der Waals surface area contributed by atoms with Gasteiger partial charge in [0, 0.05) is 26.1 Å². The van der Waals surface area contributed by atoms with Crippen LogP contribution in [0, 0.1) is 0 Å². The molecule has 1 unspecified atom stereocenters. The lowest BCUT2D eigenvalue weighted by Crippen LogP contribution is -2.47. The Morgan fingerprint density at radius 2 is 2.10 bits per heavy atom. The molecule has 0 aliphatic carbocycles. The maximum Gasteiger partial charge on any atom is 0.191 e. The normalized spacial score (nSPS) is 16.6. The monoisotopic (exact) mass is 400 g/mol. The zero-order chi connectivity index (χ0) is 20.6. The Hall–Kier alpha value is -2.61. The molecule has 3 rings (SSSR count). The first kappa shape index (κ1) is 21.1. The molecule has 8 heteroatoms. The molecule has 0 saturated heterocycles. The number of hydrogen-bond acceptors (Lipinski definition) is 5. The number of rotatable bonds is 8. The van der Waals surface area contributed by atoms with Crippen LogP contribution in [0.3, 0.4) is 0 Å². The predicted octanol–water partition coefficient (Wildman–Crippen LogP) is 2.28. The van der Waals surface area contributed by atoms with E-state index >= 15 is 0 Å². The molecule has 1 aliphatic rings. The minimum atomic E-state index is 0.176. The average molecular weight is 401 g/mol. The quantitative estimate of drug-likeness (QED) is 0.522. The minimum absolute atomic E-state index is 0.176. The Morgan fingerprint density at radius 1 is 1.31 bits per heavy atom. The molecule has 1 atom stereocenters. The summed E-state index contributed by atoms with van der Waals surface area (Å²) in [4.78, 5) is 9.28. The van der Waals surface area contributed by atoms with Gasteiger partial charge in [-0.1, -0.05) is 12.1 Å². The van der Waals surface area contributed by atoms with Crippen LogP contribution < -0.4 is 15.4 Å². The van der Waals surface area contributed by atoms with Crippen LogP contribution in [0.25, 0.3) is 0 Å². The van der Waals surface area contributed by atoms with Crippen molar-refractivity contribution in [3.8, 4) is 5.75 Å². The second-order valence-electron chi connectivity index (χ2n) is 7.45. The summed E-state index contributed by atoms with van der Waals surface area (Å²) in [5.41, 5.74) is 1.14. The molecule has 2 N–H and O–H groups in total. The number of fused-ring (bicyclic) bond motifs is 1. The second-order valence-corrected chi connectivity index (χ2v) is 7.45. The van der Waals surface area contributed by atoms with Gasteiger partial charge in [-0.3, -0.25) is 0 Å². The molecule has 29 heavy (non-hydrogen) atoms. The van der Waals surface area contributed by atoms with Crippen molar-refractivity contribution in [1.82, 2.24) is 25.4 Å². The summed E-state index contributed by atoms with van der Waals surface area (Å²) < 4.78 is 12.8. The Balaban J connectivity index is 1.59. The van der Waals surface area contributed by atoms with E-state index in [1.165, 1.54) is 0 Å². The summed E-state index contributed by atoms with van der Waals surface area (Å²) >= 11 is 0. The van der Waals surface area contributed by atoms with Gasteiger partial charge in [0.25, 0.3) is 0 Å². The van der Waals surface area contributed by atoms with E-state index in [1.54, 1.807) is 7.11 Å². The van der Waals surface area contributed by atoms with Crippen LogP contribution >= 0.6 is 0 Å². The highest BCUT2D eigenvalue weighted by atomic mass is 16.5. The Kier molecular flexibility index (Phi) is 7.46. The zero-order valence-electron chi connectivity index (χ0n) is 17.8. The number of guanidine groups is 1. The molecule has 158 valence electrons. The van der Waals surface area contributed by atoms with Crippen LogP contribution in [0.2, 0.25) is 0 Å². The van der Waals surface area contributed by atoms with E-state index in [0.717, 1.165) is 54.9 Å². The van der Waals surface area contributed by atoms with Gasteiger partial charge in [0.2, 0.25) is 0 Å². The van der Waals surface area contributed by atoms with E-state index in [0.29, 0.717) is 13.2 Å². The first-order valence-electron chi connectivity index (χ1n) is 10.3. The van der Waals surface area contributed by atoms with E-state index in [2.05, 4.69) is 39.8 Å². The number of benzene rings is 1. The van der Waals surface area contributed by atoms with Crippen molar-refractivity contribution in [2.24, 2.45) is 4.99 Å². The molecule has 0 fully saturated rings. The fourth-order valence-electron chi connectivity index (χ4n) is 3.30. The van der Waals surface area contributed by atoms with Gasteiger partial charge in [-0.05, 0) is 44.9 Å². The lowest BCUT2D eigenvalue weighted by molar-refractivity contribution is 0.177. The molecule has 0 bridgehead atoms. The molecule has 1 aromatic heterocycles. The zero-order valence-corrected chi connectivity index (χ0v) is 17.8. The summed E-state index contributed by atoms with van der Waals surface area (Å²) in [5, 5.41) is 11.4. The molecular formula is C21H32N6O2. The average Bonchev–Trinajstić information content (AvgIpc) is 3.09. The third-order valence-corrected chi connectivity index (χ3v) is 4.58. The Bertz CT molecular complexity index is 800. The lowest BCUT2D eigenvalue weighted by atomic mass is 10.1. The third kappa shape index (κ3) is 6.19. The number of ether oxygens (including phenoxy) is 2. The van der Waals surface area contributed by atoms with Gasteiger partial charge in [-0.15, -0.1) is 0 Å². The minimum Gasteiger partial charge on any atom is -0.491 e. The molecule has 1 aliphatic heterocycles. The first-order valence-corrected chi connectivity index (χ1v) is 10.3. The Morgan fingerprint density at radius 3 is 2.79 bits per heavy atom. The Labute approximate surface area is 172 Å². The number of aromatic nitrogens is 3. The first-order chi connectivity index (χ1) is 14.1. The topological polar surface area (TPSA) is 85.6 Å². The largest absolute Gasteiger partial charge is 0.491 e. The highest BCUT2D eigenvalue weighted by Gasteiger charge is 2.22. The number of nitrogens with zero attached hydrogens (tertiary/aromatic N) is 4. The SMILES string of the molecule is CCNC(=NCc1ccc(OC(C)C)cc1)NC1CCc2nc(COC)nn2C1. The summed E-state index contributed by atoms with van der Waals surface area (Å²) in [6.07, 6.45) is 2.07. The van der Waals surface area contributed by atoms with E-state index in [-0.39, 0.29) is 12.1 Å². The van der Waals surface area contributed by atoms with E-state index in [4.69, 9.17) is 14.5 Å². The van der Waals surface area contributed by atoms with Gasteiger partial charge in [0.05, 0.1) is 19.2 Å². The number of hydrogen-bond donors (Lipinski definition) is 2. The van der Waals surface area contributed by atoms with Crippen LogP contribution in [-0.2, 0) is 30.9 Å². The van der Waals surface area contributed by atoms with E-state index < -0.39 is 0 Å². The fourth-order valence-corrected chi connectivity index (χ4v) is 3.30. The van der Waals surface area contributed by atoms with Gasteiger partial charge in [-0.2, -0.15) is 5.10 Å². The van der Waals surface area contributed by atoms with Crippen LogP contribution in [0.1, 0.15) is 44.4 Å². The second kappa shape index (κ2) is 10.2. The molecule has 0 amide bonds. The van der Waals surface area contributed by atoms with Gasteiger partial charge < -0.3 is 20.1 Å². The summed E-state index contributed by atoms with van der Waals surface area (Å²) in [6.45, 7) is 8.77. The van der Waals surface area contributed by atoms with Gasteiger partial charge >= 0.3 is 0 Å². The van der Waals surface area contributed by atoms with Crippen molar-refractivity contribution >= 4 is 5.96 Å². The number of methoxy groups -OCH3 is 1. The standard InChI is InChI=1S/C21H32N6O2/c1-5-22-21(23-12-16-6-9-18(10-7-16)29-15(2)3)24-17-8-11-20-25-19(14-28-4)26-27(20)13-17/h6-7,9-10,15,17H,5,8,11-14H2,1-4H3,(H2,22,23,24). The highest BCUT2D eigenvalue weighted by molar-refractivity contribution is 5.80. The van der Waals surface area contributed by atoms with Crippen molar-refractivity contribution in [3.05, 3.63) is 41.5 Å². The summed E-state index contributed by atoms with van der Waals surface area (Å²) in [5.74, 6) is 3.48. The van der Waals surface area contributed by atoms with Crippen LogP contribution in [0.5, 0.6) is 5.75 Å². The maximum absolute atomic E-state index is 5.70. The molecule has 8 nitrogen and oxygen atoms in total. The highest BCUT2D eigenvalue weighted by Crippen LogP contribution is 2.15. The fraction of sp³-hybridized carbons (Fsp3) is 0.571. The van der Waals surface area contributed by atoms with Crippen molar-refractivity contribution in [2.75, 3.05) is 13.7 Å². The predicted molar refractivity (Wildman–Crippen MR) is 113 cm³/mol. The van der Waals surface area contributed by atoms with E-state index in [9.17, 15) is 0 Å². The maximum atomic E-state index is 5.70. The van der Waals surface area contributed by atoms with Gasteiger partial charge in [0.15, 0.2) is 11.8 Å². The van der Waals surface area contributed by atoms with Crippen LogP contribution in [-0.4, -0.2) is 46.5 Å². The molecule has 2 aromatic rings. The number of aliphatic imine (C=N–C) groups is 1. The summed E-state index contributed by atoms with van der Waals surface area (Å²) in [7, 11) is 1.66. The van der Waals surface area contributed by atoms with Crippen molar-refractivity contribution in [3.63, 3.8) is 0 Å². The van der Waals surface area contributed by atoms with Crippen molar-refractivity contribution < 1.29 is 9.47 Å². The molecule has 0 radical (unpaired) electrons. The van der Waals surface area contributed by atoms with Crippen LogP contribution in [0.15, 0.2) is 29.3 Å². The number of aryl methyl sites for hydroxylation is 1. The molecule has 2 heterocycles.